The molecular weight excluding hydrogens is 224 g/mol. The highest BCUT2D eigenvalue weighted by Crippen LogP contribution is 2.43. The number of hydrogen-bond acceptors (Lipinski definition) is 2. The molecule has 0 aliphatic heterocycles. The van der Waals surface area contributed by atoms with Crippen molar-refractivity contribution in [3.05, 3.63) is 0 Å². The third-order valence-corrected chi connectivity index (χ3v) is 4.90. The summed E-state index contributed by atoms with van der Waals surface area (Å²) in [6.07, 6.45) is 15.3. The van der Waals surface area contributed by atoms with Crippen LogP contribution in [0.2, 0.25) is 0 Å². The van der Waals surface area contributed by atoms with E-state index in [0.717, 1.165) is 12.8 Å². The summed E-state index contributed by atoms with van der Waals surface area (Å²) in [4.78, 5) is 11.5. The van der Waals surface area contributed by atoms with E-state index in [1.165, 1.54) is 64.2 Å². The molecule has 104 valence electrons. The van der Waals surface area contributed by atoms with Gasteiger partial charge in [-0.05, 0) is 44.4 Å². The van der Waals surface area contributed by atoms with Crippen LogP contribution in [0.15, 0.2) is 0 Å². The second-order valence-electron chi connectivity index (χ2n) is 6.26. The Bertz CT molecular complexity index is 258. The molecule has 2 rings (SSSR count). The zero-order valence-electron chi connectivity index (χ0n) is 11.9. The summed E-state index contributed by atoms with van der Waals surface area (Å²) in [6.45, 7) is 1.58. The number of hydrogen-bond donors (Lipinski definition) is 0. The summed E-state index contributed by atoms with van der Waals surface area (Å²) in [5.41, 5.74) is -0.0958. The molecule has 2 saturated carbocycles. The number of ether oxygens (including phenoxy) is 1. The van der Waals surface area contributed by atoms with Gasteiger partial charge in [0.1, 0.15) is 5.60 Å². The maximum Gasteiger partial charge on any atom is 0.303 e. The van der Waals surface area contributed by atoms with Crippen LogP contribution in [0, 0.1) is 5.92 Å². The average Bonchev–Trinajstić information content (AvgIpc) is 2.28. The Kier molecular flexibility index (Phi) is 5.08. The Morgan fingerprint density at radius 2 is 1.39 bits per heavy atom. The van der Waals surface area contributed by atoms with Crippen molar-refractivity contribution < 1.29 is 9.53 Å². The summed E-state index contributed by atoms with van der Waals surface area (Å²) in [5, 5.41) is 0. The van der Waals surface area contributed by atoms with E-state index in [0.29, 0.717) is 5.92 Å². The monoisotopic (exact) mass is 252 g/mol. The first-order valence-corrected chi connectivity index (χ1v) is 7.92. The number of rotatable bonds is 2. The number of esters is 1. The molecule has 2 aliphatic rings. The largest absolute Gasteiger partial charge is 0.459 e. The first kappa shape index (κ1) is 13.9. The van der Waals surface area contributed by atoms with Gasteiger partial charge in [-0.15, -0.1) is 0 Å². The molecule has 0 saturated heterocycles. The van der Waals surface area contributed by atoms with Crippen LogP contribution in [0.5, 0.6) is 0 Å². The van der Waals surface area contributed by atoms with Gasteiger partial charge >= 0.3 is 5.97 Å². The Labute approximate surface area is 111 Å². The van der Waals surface area contributed by atoms with Crippen LogP contribution < -0.4 is 0 Å². The van der Waals surface area contributed by atoms with E-state index in [-0.39, 0.29) is 11.6 Å². The van der Waals surface area contributed by atoms with Crippen LogP contribution in [0.3, 0.4) is 0 Å². The van der Waals surface area contributed by atoms with Crippen molar-refractivity contribution in [2.45, 2.75) is 89.6 Å². The molecule has 2 aliphatic carbocycles. The van der Waals surface area contributed by atoms with Crippen molar-refractivity contribution in [3.63, 3.8) is 0 Å². The molecular formula is C16H28O2. The first-order valence-electron chi connectivity index (χ1n) is 7.92. The molecule has 0 amide bonds. The topological polar surface area (TPSA) is 26.3 Å². The molecule has 18 heavy (non-hydrogen) atoms. The van der Waals surface area contributed by atoms with E-state index < -0.39 is 0 Å². The van der Waals surface area contributed by atoms with E-state index >= 15 is 0 Å². The highest BCUT2D eigenvalue weighted by molar-refractivity contribution is 5.66. The number of carbonyl (C=O) groups excluding carboxylic acids is 1. The minimum atomic E-state index is -0.0958. The quantitative estimate of drug-likeness (QED) is 0.671. The first-order chi connectivity index (χ1) is 8.73. The van der Waals surface area contributed by atoms with Crippen LogP contribution in [0.1, 0.15) is 84.0 Å². The fourth-order valence-corrected chi connectivity index (χ4v) is 4.01. The highest BCUT2D eigenvalue weighted by atomic mass is 16.6. The van der Waals surface area contributed by atoms with Crippen LogP contribution in [0.25, 0.3) is 0 Å². The third kappa shape index (κ3) is 3.49. The zero-order chi connectivity index (χ0) is 12.8. The molecule has 0 bridgehead atoms. The number of carbonyl (C=O) groups is 1. The van der Waals surface area contributed by atoms with Gasteiger partial charge in [0.2, 0.25) is 0 Å². The van der Waals surface area contributed by atoms with Crippen molar-refractivity contribution in [1.82, 2.24) is 0 Å². The second kappa shape index (κ2) is 6.58. The molecule has 0 aromatic rings. The van der Waals surface area contributed by atoms with Gasteiger partial charge in [0.15, 0.2) is 0 Å². The van der Waals surface area contributed by atoms with Crippen molar-refractivity contribution in [2.24, 2.45) is 5.92 Å². The summed E-state index contributed by atoms with van der Waals surface area (Å²) in [6, 6.07) is 0. The third-order valence-electron chi connectivity index (χ3n) is 4.90. The Balaban J connectivity index is 2.07. The molecule has 0 spiro atoms. The van der Waals surface area contributed by atoms with Crippen molar-refractivity contribution >= 4 is 5.97 Å². The lowest BCUT2D eigenvalue weighted by Crippen LogP contribution is -2.44. The molecule has 0 radical (unpaired) electrons. The normalized spacial score (nSPS) is 26.1. The summed E-state index contributed by atoms with van der Waals surface area (Å²) >= 11 is 0. The summed E-state index contributed by atoms with van der Waals surface area (Å²) in [7, 11) is 0. The maximum absolute atomic E-state index is 11.5. The van der Waals surface area contributed by atoms with E-state index in [1.807, 2.05) is 0 Å². The van der Waals surface area contributed by atoms with E-state index in [4.69, 9.17) is 4.74 Å². The smallest absolute Gasteiger partial charge is 0.303 e. The Morgan fingerprint density at radius 3 is 1.94 bits per heavy atom. The fraction of sp³-hybridized carbons (Fsp3) is 0.938. The SMILES string of the molecule is CC(=O)OC1(C2CCCCCCC2)CCCCC1. The van der Waals surface area contributed by atoms with Crippen LogP contribution in [0.4, 0.5) is 0 Å². The molecule has 2 fully saturated rings. The highest BCUT2D eigenvalue weighted by Gasteiger charge is 2.42. The van der Waals surface area contributed by atoms with Gasteiger partial charge in [-0.2, -0.15) is 0 Å². The molecule has 0 N–H and O–H groups in total. The molecule has 0 aromatic carbocycles. The van der Waals surface area contributed by atoms with Gasteiger partial charge in [-0.3, -0.25) is 4.79 Å². The Hall–Kier alpha value is -0.530. The van der Waals surface area contributed by atoms with Gasteiger partial charge in [0, 0.05) is 6.92 Å². The second-order valence-corrected chi connectivity index (χ2v) is 6.26. The molecule has 0 atom stereocenters. The molecule has 2 heteroatoms. The van der Waals surface area contributed by atoms with Gasteiger partial charge in [-0.25, -0.2) is 0 Å². The molecule has 0 aromatic heterocycles. The lowest BCUT2D eigenvalue weighted by molar-refractivity contribution is -0.170. The molecule has 0 unspecified atom stereocenters. The predicted octanol–water partition coefficient (Wildman–Crippen LogP) is 4.61. The van der Waals surface area contributed by atoms with E-state index in [9.17, 15) is 4.79 Å². The maximum atomic E-state index is 11.5. The van der Waals surface area contributed by atoms with Gasteiger partial charge in [0.05, 0.1) is 0 Å². The van der Waals surface area contributed by atoms with E-state index in [2.05, 4.69) is 0 Å². The summed E-state index contributed by atoms with van der Waals surface area (Å²) in [5.74, 6) is 0.556. The van der Waals surface area contributed by atoms with Crippen molar-refractivity contribution in [2.75, 3.05) is 0 Å². The lowest BCUT2D eigenvalue weighted by atomic mass is 9.71. The predicted molar refractivity (Wildman–Crippen MR) is 73.4 cm³/mol. The van der Waals surface area contributed by atoms with Gasteiger partial charge in [-0.1, -0.05) is 38.5 Å². The minimum Gasteiger partial charge on any atom is -0.459 e. The summed E-state index contributed by atoms with van der Waals surface area (Å²) < 4.78 is 5.88. The standard InChI is InChI=1S/C16H28O2/c1-14(17)18-16(12-8-5-9-13-16)15-10-6-3-2-4-7-11-15/h15H,2-13H2,1H3. The van der Waals surface area contributed by atoms with Gasteiger partial charge in [0.25, 0.3) is 0 Å². The van der Waals surface area contributed by atoms with Crippen molar-refractivity contribution in [1.29, 1.82) is 0 Å². The lowest BCUT2D eigenvalue weighted by Gasteiger charge is -2.43. The zero-order valence-corrected chi connectivity index (χ0v) is 11.9. The van der Waals surface area contributed by atoms with Crippen LogP contribution in [-0.4, -0.2) is 11.6 Å². The fourth-order valence-electron chi connectivity index (χ4n) is 4.01. The van der Waals surface area contributed by atoms with Crippen molar-refractivity contribution in [3.8, 4) is 0 Å². The van der Waals surface area contributed by atoms with Gasteiger partial charge < -0.3 is 4.74 Å². The van der Waals surface area contributed by atoms with Crippen LogP contribution in [-0.2, 0) is 9.53 Å². The Morgan fingerprint density at radius 1 is 0.889 bits per heavy atom. The molecule has 2 nitrogen and oxygen atoms in total. The van der Waals surface area contributed by atoms with E-state index in [1.54, 1.807) is 6.92 Å². The minimum absolute atomic E-state index is 0.0704. The molecule has 0 heterocycles. The average molecular weight is 252 g/mol. The van der Waals surface area contributed by atoms with Crippen LogP contribution >= 0.6 is 0 Å².